The number of nitrogen functional groups attached to an aromatic ring is 1. The van der Waals surface area contributed by atoms with E-state index in [-0.39, 0.29) is 36.9 Å². The Morgan fingerprint density at radius 3 is 2.38 bits per heavy atom. The van der Waals surface area contributed by atoms with Gasteiger partial charge in [-0.15, -0.1) is 0 Å². The number of hydrogen-bond acceptors (Lipinski definition) is 5. The molecule has 2 rings (SSSR count). The molecule has 0 amide bonds. The monoisotopic (exact) mass is 386 g/mol. The molecule has 0 aliphatic heterocycles. The van der Waals surface area contributed by atoms with Crippen LogP contribution in [0, 0.1) is 0 Å². The summed E-state index contributed by atoms with van der Waals surface area (Å²) in [5.41, 5.74) is 5.56. The second-order valence-corrected chi connectivity index (χ2v) is 6.88. The molecule has 1 heterocycles. The summed E-state index contributed by atoms with van der Waals surface area (Å²) in [4.78, 5) is 7.04. The number of sulfonamides is 1. The van der Waals surface area contributed by atoms with Crippen LogP contribution >= 0.6 is 46.4 Å². The molecule has 0 atom stereocenters. The van der Waals surface area contributed by atoms with E-state index in [2.05, 4.69) is 14.7 Å². The van der Waals surface area contributed by atoms with E-state index < -0.39 is 10.0 Å². The molecule has 21 heavy (non-hydrogen) atoms. The van der Waals surface area contributed by atoms with Crippen LogP contribution in [0.3, 0.4) is 0 Å². The van der Waals surface area contributed by atoms with Crippen molar-refractivity contribution in [3.05, 3.63) is 38.7 Å². The quantitative estimate of drug-likeness (QED) is 0.477. The Bertz CT molecular complexity index is 793. The standard InChI is InChI=1S/C10H6Cl4N4O2S/c11-4-1-2-5(8(13)9(4)15)21(19,20)18-7-3-6(12)16-10(14)17-7/h1-3H,15H2,(H,16,17,18). The highest BCUT2D eigenvalue weighted by atomic mass is 35.5. The number of nitrogens with zero attached hydrogens (tertiary/aromatic N) is 2. The van der Waals surface area contributed by atoms with E-state index in [9.17, 15) is 8.42 Å². The highest BCUT2D eigenvalue weighted by Crippen LogP contribution is 2.33. The van der Waals surface area contributed by atoms with Gasteiger partial charge in [0.05, 0.1) is 15.7 Å². The first kappa shape index (κ1) is 16.4. The fourth-order valence-electron chi connectivity index (χ4n) is 1.39. The van der Waals surface area contributed by atoms with Crippen LogP contribution in [-0.2, 0) is 10.0 Å². The molecule has 3 N–H and O–H groups in total. The average Bonchev–Trinajstić information content (AvgIpc) is 2.33. The van der Waals surface area contributed by atoms with Gasteiger partial charge in [0.1, 0.15) is 15.9 Å². The van der Waals surface area contributed by atoms with Gasteiger partial charge in [-0.1, -0.05) is 34.8 Å². The molecule has 2 aromatic rings. The minimum Gasteiger partial charge on any atom is -0.396 e. The molecular weight excluding hydrogens is 382 g/mol. The molecule has 0 saturated carbocycles. The van der Waals surface area contributed by atoms with Crippen LogP contribution in [0.25, 0.3) is 0 Å². The Labute approximate surface area is 140 Å². The van der Waals surface area contributed by atoms with Crippen molar-refractivity contribution in [2.75, 3.05) is 10.5 Å². The fourth-order valence-corrected chi connectivity index (χ4v) is 3.56. The first-order valence-corrected chi connectivity index (χ1v) is 8.16. The molecule has 0 radical (unpaired) electrons. The maximum Gasteiger partial charge on any atom is 0.264 e. The number of benzene rings is 1. The van der Waals surface area contributed by atoms with E-state index in [0.29, 0.717) is 0 Å². The summed E-state index contributed by atoms with van der Waals surface area (Å²) in [5.74, 6) is -0.107. The molecular formula is C10H6Cl4N4O2S. The number of rotatable bonds is 3. The summed E-state index contributed by atoms with van der Waals surface area (Å²) in [6.45, 7) is 0. The number of anilines is 2. The third kappa shape index (κ3) is 3.61. The summed E-state index contributed by atoms with van der Waals surface area (Å²) >= 11 is 22.9. The second kappa shape index (κ2) is 6.02. The van der Waals surface area contributed by atoms with Gasteiger partial charge in [0.2, 0.25) is 5.28 Å². The van der Waals surface area contributed by atoms with Crippen LogP contribution in [0.15, 0.2) is 23.1 Å². The minimum atomic E-state index is -4.04. The lowest BCUT2D eigenvalue weighted by molar-refractivity contribution is 0.601. The third-order valence-corrected chi connectivity index (χ3v) is 4.90. The van der Waals surface area contributed by atoms with Gasteiger partial charge in [0, 0.05) is 6.07 Å². The van der Waals surface area contributed by atoms with E-state index >= 15 is 0 Å². The minimum absolute atomic E-state index is 0.0191. The van der Waals surface area contributed by atoms with Gasteiger partial charge in [-0.05, 0) is 23.7 Å². The molecule has 112 valence electrons. The van der Waals surface area contributed by atoms with Crippen molar-refractivity contribution in [1.82, 2.24) is 9.97 Å². The van der Waals surface area contributed by atoms with Crippen molar-refractivity contribution in [2.24, 2.45) is 0 Å². The van der Waals surface area contributed by atoms with Gasteiger partial charge in [0.15, 0.2) is 0 Å². The van der Waals surface area contributed by atoms with Crippen LogP contribution in [0.2, 0.25) is 20.5 Å². The highest BCUT2D eigenvalue weighted by molar-refractivity contribution is 7.92. The zero-order chi connectivity index (χ0) is 15.8. The van der Waals surface area contributed by atoms with Gasteiger partial charge < -0.3 is 5.73 Å². The van der Waals surface area contributed by atoms with Gasteiger partial charge in [-0.25, -0.2) is 13.4 Å². The van der Waals surface area contributed by atoms with Gasteiger partial charge in [-0.2, -0.15) is 4.98 Å². The predicted molar refractivity (Wildman–Crippen MR) is 83.7 cm³/mol. The van der Waals surface area contributed by atoms with Crippen molar-refractivity contribution in [3.8, 4) is 0 Å². The number of nitrogens with one attached hydrogen (secondary N) is 1. The maximum atomic E-state index is 12.3. The molecule has 6 nitrogen and oxygen atoms in total. The summed E-state index contributed by atoms with van der Waals surface area (Å²) in [7, 11) is -4.04. The number of aromatic nitrogens is 2. The number of nitrogens with two attached hydrogens (primary N) is 1. The summed E-state index contributed by atoms with van der Waals surface area (Å²) in [5, 5.41) is -0.273. The summed E-state index contributed by atoms with van der Waals surface area (Å²) in [6.07, 6.45) is 0. The van der Waals surface area contributed by atoms with Crippen molar-refractivity contribution in [1.29, 1.82) is 0 Å². The van der Waals surface area contributed by atoms with Gasteiger partial charge in [0.25, 0.3) is 10.0 Å². The Morgan fingerprint density at radius 1 is 1.10 bits per heavy atom. The molecule has 0 aliphatic rings. The number of halogens is 4. The lowest BCUT2D eigenvalue weighted by atomic mass is 10.3. The first-order chi connectivity index (χ1) is 9.70. The van der Waals surface area contributed by atoms with Crippen molar-refractivity contribution >= 4 is 67.9 Å². The van der Waals surface area contributed by atoms with Gasteiger partial charge >= 0.3 is 0 Å². The summed E-state index contributed by atoms with van der Waals surface area (Å²) < 4.78 is 26.7. The zero-order valence-corrected chi connectivity index (χ0v) is 13.8. The summed E-state index contributed by atoms with van der Waals surface area (Å²) in [6, 6.07) is 3.73. The molecule has 11 heteroatoms. The highest BCUT2D eigenvalue weighted by Gasteiger charge is 2.21. The Morgan fingerprint density at radius 2 is 1.76 bits per heavy atom. The fraction of sp³-hybridized carbons (Fsp3) is 0. The zero-order valence-electron chi connectivity index (χ0n) is 9.94. The molecule has 0 spiro atoms. The smallest absolute Gasteiger partial charge is 0.264 e. The lowest BCUT2D eigenvalue weighted by Crippen LogP contribution is -2.15. The molecule has 0 fully saturated rings. The first-order valence-electron chi connectivity index (χ1n) is 5.17. The topological polar surface area (TPSA) is 98.0 Å². The van der Waals surface area contributed by atoms with Crippen LogP contribution in [0.4, 0.5) is 11.5 Å². The second-order valence-electron chi connectivity index (χ2n) is 3.72. The molecule has 1 aromatic heterocycles. The van der Waals surface area contributed by atoms with E-state index in [1.54, 1.807) is 0 Å². The third-order valence-electron chi connectivity index (χ3n) is 2.29. The normalized spacial score (nSPS) is 11.4. The van der Waals surface area contributed by atoms with E-state index in [1.807, 2.05) is 0 Å². The van der Waals surface area contributed by atoms with E-state index in [0.717, 1.165) is 0 Å². The van der Waals surface area contributed by atoms with Crippen molar-refractivity contribution < 1.29 is 8.42 Å². The molecule has 1 aromatic carbocycles. The Kier molecular flexibility index (Phi) is 4.69. The van der Waals surface area contributed by atoms with Crippen LogP contribution in [-0.4, -0.2) is 18.4 Å². The maximum absolute atomic E-state index is 12.3. The SMILES string of the molecule is Nc1c(Cl)ccc(S(=O)(=O)Nc2cc(Cl)nc(Cl)n2)c1Cl. The number of hydrogen-bond donors (Lipinski definition) is 2. The van der Waals surface area contributed by atoms with Gasteiger partial charge in [-0.3, -0.25) is 4.72 Å². The molecule has 0 bridgehead atoms. The Hall–Kier alpha value is -0.990. The van der Waals surface area contributed by atoms with Crippen molar-refractivity contribution in [2.45, 2.75) is 4.90 Å². The van der Waals surface area contributed by atoms with Crippen LogP contribution < -0.4 is 10.5 Å². The molecule has 0 aliphatic carbocycles. The lowest BCUT2D eigenvalue weighted by Gasteiger charge is -2.11. The van der Waals surface area contributed by atoms with Crippen LogP contribution in [0.5, 0.6) is 0 Å². The van der Waals surface area contributed by atoms with E-state index in [1.165, 1.54) is 18.2 Å². The predicted octanol–water partition coefficient (Wildman–Crippen LogP) is 3.47. The molecule has 0 saturated heterocycles. The van der Waals surface area contributed by atoms with E-state index in [4.69, 9.17) is 52.1 Å². The largest absolute Gasteiger partial charge is 0.396 e. The molecule has 0 unspecified atom stereocenters. The van der Waals surface area contributed by atoms with Crippen molar-refractivity contribution in [3.63, 3.8) is 0 Å². The average molecular weight is 388 g/mol. The van der Waals surface area contributed by atoms with Crippen LogP contribution in [0.1, 0.15) is 0 Å². The Balaban J connectivity index is 2.46.